The van der Waals surface area contributed by atoms with Crippen molar-refractivity contribution in [3.63, 3.8) is 0 Å². The lowest BCUT2D eigenvalue weighted by Gasteiger charge is -2.22. The summed E-state index contributed by atoms with van der Waals surface area (Å²) in [7, 11) is 0. The Morgan fingerprint density at radius 3 is 1.08 bits per heavy atom. The molecule has 8 aromatic rings. The van der Waals surface area contributed by atoms with E-state index < -0.39 is 0 Å². The molecule has 0 unspecified atom stereocenters. The van der Waals surface area contributed by atoms with Gasteiger partial charge >= 0.3 is 0 Å². The predicted octanol–water partition coefficient (Wildman–Crippen LogP) is 16.2. The number of unbranched alkanes of at least 4 members (excludes halogenated alkanes) is 8. The summed E-state index contributed by atoms with van der Waals surface area (Å²) in [6, 6.07) is 50.6. The molecule has 1 aliphatic carbocycles. The Morgan fingerprint density at radius 2 is 0.683 bits per heavy atom. The van der Waals surface area contributed by atoms with E-state index in [1.54, 1.807) is 0 Å². The maximum absolute atomic E-state index is 4.76. The molecule has 0 bridgehead atoms. The number of nitrogens with zero attached hydrogens (tertiary/aromatic N) is 2. The Bertz CT molecular complexity index is 2530. The molecule has 0 saturated heterocycles. The van der Waals surface area contributed by atoms with E-state index in [4.69, 9.17) is 9.97 Å². The van der Waals surface area contributed by atoms with Crippen LogP contribution in [-0.4, -0.2) is 9.97 Å². The fraction of sp³-hybridized carbons (Fsp3) is 0.276. The number of pyridine rings is 2. The number of benzene rings is 6. The summed E-state index contributed by atoms with van der Waals surface area (Å²) in [5.74, 6) is 0. The molecule has 60 heavy (non-hydrogen) atoms. The Kier molecular flexibility index (Phi) is 12.3. The number of hydrogen-bond acceptors (Lipinski definition) is 2. The van der Waals surface area contributed by atoms with Gasteiger partial charge in [-0.05, 0) is 140 Å². The molecular formula is C58H58N2. The van der Waals surface area contributed by atoms with Crippen molar-refractivity contribution in [3.8, 4) is 55.6 Å². The topological polar surface area (TPSA) is 25.8 Å². The van der Waals surface area contributed by atoms with Crippen molar-refractivity contribution in [1.82, 2.24) is 9.97 Å². The van der Waals surface area contributed by atoms with Crippen LogP contribution in [0, 0.1) is 0 Å². The van der Waals surface area contributed by atoms with Crippen LogP contribution in [0.25, 0.3) is 77.2 Å². The van der Waals surface area contributed by atoms with Gasteiger partial charge in [0.25, 0.3) is 0 Å². The summed E-state index contributed by atoms with van der Waals surface area (Å²) >= 11 is 0. The minimum Gasteiger partial charge on any atom is -0.261 e. The van der Waals surface area contributed by atoms with E-state index >= 15 is 0 Å². The summed E-state index contributed by atoms with van der Waals surface area (Å²) in [5, 5.41) is 4.97. The summed E-state index contributed by atoms with van der Waals surface area (Å²) in [5.41, 5.74) is 18.2. The highest BCUT2D eigenvalue weighted by Gasteiger charge is 2.18. The molecule has 2 aromatic heterocycles. The number of fused-ring (bicyclic) bond motifs is 5. The molecule has 2 nitrogen and oxygen atoms in total. The number of hydrogen-bond donors (Lipinski definition) is 0. The van der Waals surface area contributed by atoms with Crippen LogP contribution < -0.4 is 0 Å². The molecule has 0 spiro atoms. The summed E-state index contributed by atoms with van der Waals surface area (Å²) in [6.07, 6.45) is 21.2. The van der Waals surface area contributed by atoms with Crippen molar-refractivity contribution in [2.75, 3.05) is 0 Å². The maximum Gasteiger partial charge on any atom is 0.0410 e. The fourth-order valence-corrected chi connectivity index (χ4v) is 9.29. The SMILES string of the molecule is CCCCCCCc1cc2cc(-c3ccc(-c4ccc5c(c4)CCc4cc(-c6ccc(-c7ccc8cnc(CCCCCCC)cc8c7)cc6)ccc4-5)cc3)ccc2cn1. The van der Waals surface area contributed by atoms with Gasteiger partial charge in [-0.2, -0.15) is 0 Å². The monoisotopic (exact) mass is 782 g/mol. The standard InChI is InChI=1S/C58H58N2/c1-3-5-7-9-11-13-55-37-53-35-45(23-27-51(53)39-59-55)41-15-19-43(20-16-41)47-29-31-57-49(33-47)25-26-50-34-48(30-32-58(50)57)44-21-17-42(18-22-44)46-24-28-52-40-60-56(38-54(52)36-46)14-12-10-8-6-4-2/h15-24,27-40H,3-14,25-26H2,1-2H3. The predicted molar refractivity (Wildman–Crippen MR) is 257 cm³/mol. The third-order valence-corrected chi connectivity index (χ3v) is 12.9. The van der Waals surface area contributed by atoms with Gasteiger partial charge in [0.15, 0.2) is 0 Å². The van der Waals surface area contributed by atoms with Crippen molar-refractivity contribution in [3.05, 3.63) is 168 Å². The summed E-state index contributed by atoms with van der Waals surface area (Å²) < 4.78 is 0. The highest BCUT2D eigenvalue weighted by atomic mass is 14.7. The molecule has 0 aliphatic heterocycles. The van der Waals surface area contributed by atoms with Crippen LogP contribution in [0.2, 0.25) is 0 Å². The highest BCUT2D eigenvalue weighted by molar-refractivity contribution is 5.89. The summed E-state index contributed by atoms with van der Waals surface area (Å²) in [6.45, 7) is 4.54. The van der Waals surface area contributed by atoms with Crippen molar-refractivity contribution < 1.29 is 0 Å². The lowest BCUT2D eigenvalue weighted by Crippen LogP contribution is -2.04. The lowest BCUT2D eigenvalue weighted by atomic mass is 9.83. The molecule has 0 N–H and O–H groups in total. The minimum atomic E-state index is 1.06. The Hall–Kier alpha value is -5.86. The highest BCUT2D eigenvalue weighted by Crippen LogP contribution is 2.39. The largest absolute Gasteiger partial charge is 0.261 e. The molecule has 0 saturated carbocycles. The third kappa shape index (κ3) is 8.99. The van der Waals surface area contributed by atoms with Gasteiger partial charge in [-0.15, -0.1) is 0 Å². The smallest absolute Gasteiger partial charge is 0.0410 e. The quantitative estimate of drug-likeness (QED) is 0.0913. The zero-order valence-corrected chi connectivity index (χ0v) is 35.7. The van der Waals surface area contributed by atoms with E-state index in [2.05, 4.69) is 147 Å². The maximum atomic E-state index is 4.76. The van der Waals surface area contributed by atoms with E-state index in [-0.39, 0.29) is 0 Å². The second kappa shape index (κ2) is 18.6. The van der Waals surface area contributed by atoms with Crippen LogP contribution in [0.4, 0.5) is 0 Å². The molecule has 2 heteroatoms. The molecule has 0 radical (unpaired) electrons. The zero-order chi connectivity index (χ0) is 40.7. The van der Waals surface area contributed by atoms with Gasteiger partial charge in [0.1, 0.15) is 0 Å². The minimum absolute atomic E-state index is 1.06. The molecule has 0 amide bonds. The third-order valence-electron chi connectivity index (χ3n) is 12.9. The van der Waals surface area contributed by atoms with E-state index in [9.17, 15) is 0 Å². The van der Waals surface area contributed by atoms with E-state index in [1.807, 2.05) is 12.4 Å². The van der Waals surface area contributed by atoms with E-state index in [1.165, 1.54) is 164 Å². The van der Waals surface area contributed by atoms with E-state index in [0.717, 1.165) is 25.7 Å². The van der Waals surface area contributed by atoms with Gasteiger partial charge in [-0.25, -0.2) is 0 Å². The van der Waals surface area contributed by atoms with E-state index in [0.29, 0.717) is 0 Å². The van der Waals surface area contributed by atoms with Crippen molar-refractivity contribution in [2.45, 2.75) is 104 Å². The van der Waals surface area contributed by atoms with Crippen LogP contribution >= 0.6 is 0 Å². The first kappa shape index (κ1) is 39.6. The van der Waals surface area contributed by atoms with Crippen molar-refractivity contribution in [1.29, 1.82) is 0 Å². The summed E-state index contributed by atoms with van der Waals surface area (Å²) in [4.78, 5) is 9.52. The molecule has 0 fully saturated rings. The molecule has 6 aromatic carbocycles. The van der Waals surface area contributed by atoms with Crippen LogP contribution in [0.3, 0.4) is 0 Å². The second-order valence-electron chi connectivity index (χ2n) is 17.2. The lowest BCUT2D eigenvalue weighted by molar-refractivity contribution is 0.628. The average Bonchev–Trinajstić information content (AvgIpc) is 3.30. The molecule has 300 valence electrons. The first-order chi connectivity index (χ1) is 29.6. The fourth-order valence-electron chi connectivity index (χ4n) is 9.29. The van der Waals surface area contributed by atoms with Crippen molar-refractivity contribution >= 4 is 21.5 Å². The van der Waals surface area contributed by atoms with Gasteiger partial charge in [-0.3, -0.25) is 9.97 Å². The first-order valence-corrected chi connectivity index (χ1v) is 22.9. The first-order valence-electron chi connectivity index (χ1n) is 22.9. The molecule has 2 heterocycles. The molecule has 9 rings (SSSR count). The second-order valence-corrected chi connectivity index (χ2v) is 17.2. The van der Waals surface area contributed by atoms with Crippen LogP contribution in [-0.2, 0) is 25.7 Å². The van der Waals surface area contributed by atoms with Gasteiger partial charge in [0, 0.05) is 34.6 Å². The zero-order valence-electron chi connectivity index (χ0n) is 35.7. The Morgan fingerprint density at radius 1 is 0.333 bits per heavy atom. The Balaban J connectivity index is 0.865. The molecular weight excluding hydrogens is 725 g/mol. The molecule has 1 aliphatic rings. The van der Waals surface area contributed by atoms with Gasteiger partial charge in [-0.1, -0.05) is 174 Å². The normalized spacial score (nSPS) is 12.2. The van der Waals surface area contributed by atoms with Gasteiger partial charge in [0.2, 0.25) is 0 Å². The number of aryl methyl sites for hydroxylation is 4. The van der Waals surface area contributed by atoms with Gasteiger partial charge in [0.05, 0.1) is 0 Å². The van der Waals surface area contributed by atoms with Crippen LogP contribution in [0.1, 0.15) is 101 Å². The average molecular weight is 783 g/mol. The van der Waals surface area contributed by atoms with Crippen molar-refractivity contribution in [2.24, 2.45) is 0 Å². The number of rotatable bonds is 16. The molecule has 0 atom stereocenters. The van der Waals surface area contributed by atoms with Gasteiger partial charge < -0.3 is 0 Å². The Labute approximate surface area is 357 Å². The van der Waals surface area contributed by atoms with Crippen LogP contribution in [0.5, 0.6) is 0 Å². The number of aromatic nitrogens is 2. The van der Waals surface area contributed by atoms with Crippen LogP contribution in [0.15, 0.2) is 146 Å².